The number of aromatic nitrogens is 1. The number of benzene rings is 3. The van der Waals surface area contributed by atoms with Crippen molar-refractivity contribution in [1.29, 1.82) is 0 Å². The fourth-order valence-corrected chi connectivity index (χ4v) is 4.04. The highest BCUT2D eigenvalue weighted by Gasteiger charge is 2.19. The Balaban J connectivity index is 0.00000324. The van der Waals surface area contributed by atoms with E-state index in [-0.39, 0.29) is 38.1 Å². The van der Waals surface area contributed by atoms with Crippen LogP contribution in [0.25, 0.3) is 10.8 Å². The molecule has 0 radical (unpaired) electrons. The summed E-state index contributed by atoms with van der Waals surface area (Å²) in [5.74, 6) is -0.209. The Kier molecular flexibility index (Phi) is 8.69. The molecule has 1 aromatic heterocycles. The summed E-state index contributed by atoms with van der Waals surface area (Å²) in [4.78, 5) is 29.3. The number of ketones is 1. The lowest BCUT2D eigenvalue weighted by Gasteiger charge is -2.15. The SMILES string of the molecule is C.CCC(C(=O)Cc1ccc2cnccc2c1)c1ccc(COC(=O)Cc2ccccc2)cc1. The van der Waals surface area contributed by atoms with Crippen LogP contribution in [0.4, 0.5) is 0 Å². The Morgan fingerprint density at radius 3 is 2.29 bits per heavy atom. The van der Waals surface area contributed by atoms with E-state index >= 15 is 0 Å². The van der Waals surface area contributed by atoms with Crippen molar-refractivity contribution in [3.63, 3.8) is 0 Å². The van der Waals surface area contributed by atoms with Gasteiger partial charge >= 0.3 is 5.97 Å². The molecular formula is C30H31NO3. The topological polar surface area (TPSA) is 56.3 Å². The van der Waals surface area contributed by atoms with Gasteiger partial charge in [-0.15, -0.1) is 0 Å². The summed E-state index contributed by atoms with van der Waals surface area (Å²) in [5, 5.41) is 2.16. The van der Waals surface area contributed by atoms with Crippen LogP contribution < -0.4 is 0 Å². The van der Waals surface area contributed by atoms with Gasteiger partial charge in [0.2, 0.25) is 0 Å². The number of esters is 1. The van der Waals surface area contributed by atoms with Crippen LogP contribution in [0.1, 0.15) is 48.9 Å². The van der Waals surface area contributed by atoms with E-state index < -0.39 is 0 Å². The molecule has 3 aromatic carbocycles. The van der Waals surface area contributed by atoms with Gasteiger partial charge < -0.3 is 4.74 Å². The second-order valence-corrected chi connectivity index (χ2v) is 8.23. The van der Waals surface area contributed by atoms with Gasteiger partial charge in [-0.1, -0.05) is 87.1 Å². The van der Waals surface area contributed by atoms with Crippen LogP contribution in [0.15, 0.2) is 91.3 Å². The number of hydrogen-bond donors (Lipinski definition) is 0. The molecule has 0 aliphatic heterocycles. The molecule has 1 atom stereocenters. The monoisotopic (exact) mass is 453 g/mol. The maximum Gasteiger partial charge on any atom is 0.310 e. The first kappa shape index (κ1) is 24.8. The minimum atomic E-state index is -0.252. The highest BCUT2D eigenvalue weighted by Crippen LogP contribution is 2.24. The van der Waals surface area contributed by atoms with Gasteiger partial charge in [-0.3, -0.25) is 14.6 Å². The average Bonchev–Trinajstić information content (AvgIpc) is 2.84. The average molecular weight is 454 g/mol. The minimum Gasteiger partial charge on any atom is -0.461 e. The predicted molar refractivity (Wildman–Crippen MR) is 137 cm³/mol. The second-order valence-electron chi connectivity index (χ2n) is 8.23. The number of pyridine rings is 1. The molecule has 1 heterocycles. The number of hydrogen-bond acceptors (Lipinski definition) is 4. The summed E-state index contributed by atoms with van der Waals surface area (Å²) in [5.41, 5.74) is 3.85. The number of Topliss-reactive ketones (excluding diaryl/α,β-unsaturated/α-hetero) is 1. The number of fused-ring (bicyclic) bond motifs is 1. The van der Waals surface area contributed by atoms with E-state index in [2.05, 4.69) is 11.1 Å². The third-order valence-electron chi connectivity index (χ3n) is 5.85. The summed E-state index contributed by atoms with van der Waals surface area (Å²) in [7, 11) is 0. The van der Waals surface area contributed by atoms with Crippen LogP contribution in [-0.2, 0) is 33.8 Å². The number of ether oxygens (including phenoxy) is 1. The zero-order valence-electron chi connectivity index (χ0n) is 18.7. The quantitative estimate of drug-likeness (QED) is 0.273. The smallest absolute Gasteiger partial charge is 0.310 e. The maximum atomic E-state index is 13.1. The van der Waals surface area contributed by atoms with Gasteiger partial charge in [0.1, 0.15) is 12.4 Å². The minimum absolute atomic E-state index is 0. The van der Waals surface area contributed by atoms with Crippen LogP contribution in [0.2, 0.25) is 0 Å². The molecule has 4 aromatic rings. The molecule has 0 saturated carbocycles. The molecule has 0 saturated heterocycles. The first-order chi connectivity index (χ1) is 16.1. The molecule has 4 heteroatoms. The standard InChI is InChI=1S/C29H27NO3.CH4/c1-2-27(28(31)17-23-10-13-26-19-30-15-14-25(26)16-23)24-11-8-22(9-12-24)20-33-29(32)18-21-6-4-3-5-7-21;/h3-16,19,27H,2,17-18,20H2,1H3;1H4. The van der Waals surface area contributed by atoms with Crippen molar-refractivity contribution in [3.05, 3.63) is 114 Å². The van der Waals surface area contributed by atoms with Crippen LogP contribution in [0.3, 0.4) is 0 Å². The normalized spacial score (nSPS) is 11.4. The van der Waals surface area contributed by atoms with Crippen LogP contribution in [-0.4, -0.2) is 16.7 Å². The molecule has 34 heavy (non-hydrogen) atoms. The maximum absolute atomic E-state index is 13.1. The lowest BCUT2D eigenvalue weighted by molar-refractivity contribution is -0.144. The van der Waals surface area contributed by atoms with E-state index in [1.54, 1.807) is 6.20 Å². The van der Waals surface area contributed by atoms with E-state index in [4.69, 9.17) is 4.74 Å². The Labute approximate surface area is 201 Å². The number of carbonyl (C=O) groups is 2. The third-order valence-corrected chi connectivity index (χ3v) is 5.85. The van der Waals surface area contributed by atoms with Crippen LogP contribution in [0.5, 0.6) is 0 Å². The van der Waals surface area contributed by atoms with Crippen molar-refractivity contribution < 1.29 is 14.3 Å². The fourth-order valence-electron chi connectivity index (χ4n) is 4.04. The Morgan fingerprint density at radius 2 is 1.56 bits per heavy atom. The Hall–Kier alpha value is -3.79. The summed E-state index contributed by atoms with van der Waals surface area (Å²) >= 11 is 0. The van der Waals surface area contributed by atoms with Gasteiger partial charge in [-0.2, -0.15) is 0 Å². The third kappa shape index (κ3) is 6.38. The molecule has 0 bridgehead atoms. The molecule has 1 unspecified atom stereocenters. The van der Waals surface area contributed by atoms with Crippen LogP contribution in [0, 0.1) is 0 Å². The summed E-state index contributed by atoms with van der Waals surface area (Å²) < 4.78 is 5.41. The van der Waals surface area contributed by atoms with Gasteiger partial charge in [0.05, 0.1) is 6.42 Å². The van der Waals surface area contributed by atoms with Crippen molar-refractivity contribution in [2.75, 3.05) is 0 Å². The first-order valence-corrected chi connectivity index (χ1v) is 11.3. The lowest BCUT2D eigenvalue weighted by atomic mass is 9.88. The van der Waals surface area contributed by atoms with E-state index in [0.717, 1.165) is 39.4 Å². The molecule has 0 aliphatic carbocycles. The van der Waals surface area contributed by atoms with Crippen molar-refractivity contribution in [1.82, 2.24) is 4.98 Å². The number of carbonyl (C=O) groups excluding carboxylic acids is 2. The second kappa shape index (κ2) is 11.9. The predicted octanol–water partition coefficient (Wildman–Crippen LogP) is 6.46. The van der Waals surface area contributed by atoms with E-state index in [1.807, 2.05) is 85.9 Å². The molecule has 0 N–H and O–H groups in total. The molecule has 4 rings (SSSR count). The van der Waals surface area contributed by atoms with Gasteiger partial charge in [-0.25, -0.2) is 0 Å². The molecular weight excluding hydrogens is 422 g/mol. The molecule has 0 aliphatic rings. The summed E-state index contributed by atoms with van der Waals surface area (Å²) in [6.07, 6.45) is 4.99. The van der Waals surface area contributed by atoms with Crippen molar-refractivity contribution in [3.8, 4) is 0 Å². The van der Waals surface area contributed by atoms with E-state index in [0.29, 0.717) is 6.42 Å². The summed E-state index contributed by atoms with van der Waals surface area (Å²) in [6.45, 7) is 2.26. The van der Waals surface area contributed by atoms with Gasteiger partial charge in [0, 0.05) is 30.1 Å². The van der Waals surface area contributed by atoms with Crippen molar-refractivity contribution in [2.24, 2.45) is 0 Å². The number of rotatable bonds is 9. The van der Waals surface area contributed by atoms with E-state index in [1.165, 1.54) is 0 Å². The largest absolute Gasteiger partial charge is 0.461 e. The molecule has 0 spiro atoms. The van der Waals surface area contributed by atoms with Gasteiger partial charge in [-0.05, 0) is 40.1 Å². The Bertz CT molecular complexity index is 1230. The lowest BCUT2D eigenvalue weighted by Crippen LogP contribution is -2.14. The van der Waals surface area contributed by atoms with Gasteiger partial charge in [0.25, 0.3) is 0 Å². The van der Waals surface area contributed by atoms with Crippen LogP contribution >= 0.6 is 0 Å². The summed E-state index contributed by atoms with van der Waals surface area (Å²) in [6, 6.07) is 25.4. The first-order valence-electron chi connectivity index (χ1n) is 11.3. The van der Waals surface area contributed by atoms with Gasteiger partial charge in [0.15, 0.2) is 0 Å². The molecule has 0 amide bonds. The molecule has 4 nitrogen and oxygen atoms in total. The van der Waals surface area contributed by atoms with Crippen molar-refractivity contribution in [2.45, 2.75) is 46.1 Å². The fraction of sp³-hybridized carbons (Fsp3) is 0.233. The highest BCUT2D eigenvalue weighted by molar-refractivity contribution is 5.89. The number of nitrogens with zero attached hydrogens (tertiary/aromatic N) is 1. The van der Waals surface area contributed by atoms with Crippen molar-refractivity contribution >= 4 is 22.5 Å². The molecule has 174 valence electrons. The van der Waals surface area contributed by atoms with E-state index in [9.17, 15) is 9.59 Å². The zero-order valence-corrected chi connectivity index (χ0v) is 18.7. The highest BCUT2D eigenvalue weighted by atomic mass is 16.5. The molecule has 0 fully saturated rings. The zero-order chi connectivity index (χ0) is 23.0. The Morgan fingerprint density at radius 1 is 0.824 bits per heavy atom.